The third-order valence-electron chi connectivity index (χ3n) is 2.77. The highest BCUT2D eigenvalue weighted by molar-refractivity contribution is 5.86. The highest BCUT2D eigenvalue weighted by Gasteiger charge is 2.21. The number of aryl methyl sites for hydroxylation is 2. The Hall–Kier alpha value is -1.78. The van der Waals surface area contributed by atoms with Crippen molar-refractivity contribution in [3.8, 4) is 0 Å². The molecule has 0 bridgehead atoms. The number of hydrogen-bond acceptors (Lipinski definition) is 3. The van der Waals surface area contributed by atoms with Crippen molar-refractivity contribution in [1.82, 2.24) is 9.61 Å². The van der Waals surface area contributed by atoms with E-state index in [9.17, 15) is 4.79 Å². The SMILES string of the molecule is O=C(O)c1cc2oc3c(n2n1)CCCC3. The van der Waals surface area contributed by atoms with E-state index in [-0.39, 0.29) is 5.69 Å². The van der Waals surface area contributed by atoms with Crippen LogP contribution in [-0.2, 0) is 12.8 Å². The van der Waals surface area contributed by atoms with Crippen molar-refractivity contribution in [2.75, 3.05) is 0 Å². The van der Waals surface area contributed by atoms with Crippen LogP contribution in [0.2, 0.25) is 0 Å². The molecule has 15 heavy (non-hydrogen) atoms. The molecular weight excluding hydrogens is 196 g/mol. The molecule has 0 aromatic carbocycles. The van der Waals surface area contributed by atoms with Crippen molar-refractivity contribution in [2.24, 2.45) is 0 Å². The van der Waals surface area contributed by atoms with Crippen LogP contribution in [0, 0.1) is 0 Å². The molecule has 0 saturated heterocycles. The quantitative estimate of drug-likeness (QED) is 0.767. The maximum atomic E-state index is 10.7. The number of nitrogens with zero attached hydrogens (tertiary/aromatic N) is 2. The molecule has 0 aliphatic heterocycles. The van der Waals surface area contributed by atoms with Gasteiger partial charge in [-0.1, -0.05) is 0 Å². The van der Waals surface area contributed by atoms with Gasteiger partial charge >= 0.3 is 5.97 Å². The predicted octanol–water partition coefficient (Wildman–Crippen LogP) is 1.50. The van der Waals surface area contributed by atoms with Crippen molar-refractivity contribution in [1.29, 1.82) is 0 Å². The summed E-state index contributed by atoms with van der Waals surface area (Å²) in [5.41, 5.74) is 1.62. The number of hydrogen-bond donors (Lipinski definition) is 1. The van der Waals surface area contributed by atoms with Gasteiger partial charge in [0.05, 0.1) is 5.69 Å². The van der Waals surface area contributed by atoms with Gasteiger partial charge in [0.1, 0.15) is 5.76 Å². The second-order valence-corrected chi connectivity index (χ2v) is 3.76. The number of fused-ring (bicyclic) bond motifs is 3. The van der Waals surface area contributed by atoms with E-state index in [2.05, 4.69) is 5.10 Å². The fraction of sp³-hybridized carbons (Fsp3) is 0.400. The van der Waals surface area contributed by atoms with Crippen LogP contribution in [0.5, 0.6) is 0 Å². The first-order valence-electron chi connectivity index (χ1n) is 4.99. The van der Waals surface area contributed by atoms with Gasteiger partial charge in [0, 0.05) is 12.5 Å². The standard InChI is InChI=1S/C10H10N2O3/c13-10(14)6-5-9-12(11-6)7-3-1-2-4-8(7)15-9/h5H,1-4H2,(H,13,14). The number of rotatable bonds is 1. The Bertz CT molecular complexity index is 538. The molecule has 2 heterocycles. The van der Waals surface area contributed by atoms with Gasteiger partial charge in [0.2, 0.25) is 5.71 Å². The van der Waals surface area contributed by atoms with Gasteiger partial charge in [-0.3, -0.25) is 0 Å². The summed E-state index contributed by atoms with van der Waals surface area (Å²) in [4.78, 5) is 10.7. The van der Waals surface area contributed by atoms with E-state index in [1.54, 1.807) is 4.52 Å². The molecule has 3 rings (SSSR count). The minimum atomic E-state index is -1.02. The highest BCUT2D eigenvalue weighted by Crippen LogP contribution is 2.25. The molecule has 1 aliphatic carbocycles. The Balaban J connectivity index is 2.21. The van der Waals surface area contributed by atoms with Gasteiger partial charge in [0.25, 0.3) is 0 Å². The summed E-state index contributed by atoms with van der Waals surface area (Å²) in [6.45, 7) is 0. The van der Waals surface area contributed by atoms with E-state index in [1.807, 2.05) is 0 Å². The number of oxazole rings is 1. The maximum Gasteiger partial charge on any atom is 0.356 e. The highest BCUT2D eigenvalue weighted by atomic mass is 16.4. The number of aromatic nitrogens is 2. The average Bonchev–Trinajstić information content (AvgIpc) is 2.73. The lowest BCUT2D eigenvalue weighted by Gasteiger charge is -2.07. The van der Waals surface area contributed by atoms with Gasteiger partial charge in [-0.15, -0.1) is 0 Å². The second-order valence-electron chi connectivity index (χ2n) is 3.76. The Morgan fingerprint density at radius 3 is 3.07 bits per heavy atom. The number of carboxylic acid groups (broad SMARTS) is 1. The fourth-order valence-corrected chi connectivity index (χ4v) is 2.06. The van der Waals surface area contributed by atoms with E-state index in [1.165, 1.54) is 6.07 Å². The molecule has 0 radical (unpaired) electrons. The molecule has 0 fully saturated rings. The first-order chi connectivity index (χ1) is 7.25. The Kier molecular flexibility index (Phi) is 1.62. The van der Waals surface area contributed by atoms with Gasteiger partial charge in [-0.25, -0.2) is 9.31 Å². The molecule has 1 N–H and O–H groups in total. The molecule has 0 amide bonds. The van der Waals surface area contributed by atoms with Gasteiger partial charge < -0.3 is 9.52 Å². The third kappa shape index (κ3) is 1.16. The molecular formula is C10H10N2O3. The van der Waals surface area contributed by atoms with Crippen molar-refractivity contribution in [2.45, 2.75) is 25.7 Å². The molecule has 5 heteroatoms. The van der Waals surface area contributed by atoms with Crippen LogP contribution in [0.15, 0.2) is 10.5 Å². The van der Waals surface area contributed by atoms with Crippen LogP contribution >= 0.6 is 0 Å². The number of aromatic carboxylic acids is 1. The normalized spacial score (nSPS) is 15.5. The summed E-state index contributed by atoms with van der Waals surface area (Å²) < 4.78 is 7.18. The topological polar surface area (TPSA) is 67.7 Å². The molecule has 1 aliphatic rings. The van der Waals surface area contributed by atoms with Crippen molar-refractivity contribution < 1.29 is 14.3 Å². The number of carboxylic acids is 1. The summed E-state index contributed by atoms with van der Waals surface area (Å²) in [5, 5.41) is 12.8. The first-order valence-corrected chi connectivity index (χ1v) is 4.99. The number of carbonyl (C=O) groups is 1. The molecule has 2 aromatic rings. The monoisotopic (exact) mass is 206 g/mol. The van der Waals surface area contributed by atoms with Gasteiger partial charge in [-0.05, 0) is 19.3 Å². The molecule has 0 atom stereocenters. The van der Waals surface area contributed by atoms with Gasteiger partial charge in [-0.2, -0.15) is 5.10 Å². The molecule has 78 valence electrons. The lowest BCUT2D eigenvalue weighted by Crippen LogP contribution is -2.05. The lowest BCUT2D eigenvalue weighted by atomic mass is 10.0. The molecule has 5 nitrogen and oxygen atoms in total. The predicted molar refractivity (Wildman–Crippen MR) is 51.1 cm³/mol. The van der Waals surface area contributed by atoms with Crippen LogP contribution in [0.25, 0.3) is 5.71 Å². The summed E-state index contributed by atoms with van der Waals surface area (Å²) in [5.74, 6) is -0.0563. The van der Waals surface area contributed by atoms with E-state index < -0.39 is 5.97 Å². The summed E-state index contributed by atoms with van der Waals surface area (Å²) >= 11 is 0. The van der Waals surface area contributed by atoms with E-state index in [4.69, 9.17) is 9.52 Å². The summed E-state index contributed by atoms with van der Waals surface area (Å²) in [7, 11) is 0. The van der Waals surface area contributed by atoms with E-state index >= 15 is 0 Å². The zero-order valence-corrected chi connectivity index (χ0v) is 8.06. The summed E-state index contributed by atoms with van der Waals surface area (Å²) in [6.07, 6.45) is 4.10. The van der Waals surface area contributed by atoms with Gasteiger partial charge in [0.15, 0.2) is 5.69 Å². The minimum absolute atomic E-state index is 0.0436. The van der Waals surface area contributed by atoms with E-state index in [0.717, 1.165) is 37.1 Å². The van der Waals surface area contributed by atoms with Crippen molar-refractivity contribution >= 4 is 11.7 Å². The molecule has 0 spiro atoms. The Morgan fingerprint density at radius 2 is 2.27 bits per heavy atom. The van der Waals surface area contributed by atoms with Crippen LogP contribution in [0.4, 0.5) is 0 Å². The van der Waals surface area contributed by atoms with Crippen molar-refractivity contribution in [3.63, 3.8) is 0 Å². The summed E-state index contributed by atoms with van der Waals surface area (Å²) in [6, 6.07) is 1.47. The third-order valence-corrected chi connectivity index (χ3v) is 2.77. The largest absolute Gasteiger partial charge is 0.476 e. The van der Waals surface area contributed by atoms with Crippen LogP contribution in [0.1, 0.15) is 34.8 Å². The van der Waals surface area contributed by atoms with Crippen molar-refractivity contribution in [3.05, 3.63) is 23.2 Å². The first kappa shape index (κ1) is 8.52. The Morgan fingerprint density at radius 1 is 1.47 bits per heavy atom. The molecule has 0 saturated carbocycles. The Labute approximate surface area is 85.3 Å². The van der Waals surface area contributed by atoms with Crippen LogP contribution in [-0.4, -0.2) is 20.7 Å². The maximum absolute atomic E-state index is 10.7. The average molecular weight is 206 g/mol. The molecule has 0 unspecified atom stereocenters. The smallest absolute Gasteiger partial charge is 0.356 e. The van der Waals surface area contributed by atoms with E-state index in [0.29, 0.717) is 5.71 Å². The minimum Gasteiger partial charge on any atom is -0.476 e. The lowest BCUT2D eigenvalue weighted by molar-refractivity contribution is 0.0690. The van der Waals surface area contributed by atoms with Crippen LogP contribution < -0.4 is 0 Å². The zero-order chi connectivity index (χ0) is 10.4. The zero-order valence-electron chi connectivity index (χ0n) is 8.06. The van der Waals surface area contributed by atoms with Crippen LogP contribution in [0.3, 0.4) is 0 Å². The molecule has 2 aromatic heterocycles. The second kappa shape index (κ2) is 2.85. The fourth-order valence-electron chi connectivity index (χ4n) is 2.06.